The van der Waals surface area contributed by atoms with E-state index >= 15 is 0 Å². The SMILES string of the molecule is CCOc1cccc(S(=O)(=O)N(C)C[C@@H](O)C(F)(F)F)c1. The normalized spacial score (nSPS) is 14.2. The van der Waals surface area contributed by atoms with Crippen LogP contribution in [0.1, 0.15) is 6.92 Å². The standard InChI is InChI=1S/C12H16F3NO4S/c1-3-20-9-5-4-6-10(7-9)21(18,19)16(2)8-11(17)12(13,14)15/h4-7,11,17H,3,8H2,1-2H3/t11-/m1/s1. The molecule has 0 saturated heterocycles. The molecule has 0 heterocycles. The minimum Gasteiger partial charge on any atom is -0.494 e. The van der Waals surface area contributed by atoms with Gasteiger partial charge in [-0.2, -0.15) is 17.5 Å². The van der Waals surface area contributed by atoms with E-state index < -0.39 is 28.8 Å². The van der Waals surface area contributed by atoms with Gasteiger partial charge in [0.25, 0.3) is 0 Å². The molecule has 0 bridgehead atoms. The first-order valence-electron chi connectivity index (χ1n) is 6.03. The maximum Gasteiger partial charge on any atom is 0.415 e. The van der Waals surface area contributed by atoms with E-state index in [4.69, 9.17) is 9.84 Å². The molecule has 0 amide bonds. The number of aliphatic hydroxyl groups is 1. The summed E-state index contributed by atoms with van der Waals surface area (Å²) in [7, 11) is -3.17. The minimum atomic E-state index is -4.88. The van der Waals surface area contributed by atoms with Gasteiger partial charge in [0.2, 0.25) is 10.0 Å². The van der Waals surface area contributed by atoms with Crippen LogP contribution in [0.25, 0.3) is 0 Å². The van der Waals surface area contributed by atoms with Gasteiger partial charge in [0.1, 0.15) is 5.75 Å². The average Bonchev–Trinajstić information content (AvgIpc) is 2.38. The third-order valence-electron chi connectivity index (χ3n) is 2.63. The molecule has 0 aliphatic rings. The van der Waals surface area contributed by atoms with Gasteiger partial charge in [0.05, 0.1) is 11.5 Å². The molecule has 0 radical (unpaired) electrons. The maximum absolute atomic E-state index is 12.3. The first-order chi connectivity index (χ1) is 9.59. The Balaban J connectivity index is 2.97. The summed E-state index contributed by atoms with van der Waals surface area (Å²) in [5.74, 6) is 0.295. The molecule has 1 atom stereocenters. The van der Waals surface area contributed by atoms with Crippen molar-refractivity contribution < 1.29 is 31.4 Å². The summed E-state index contributed by atoms with van der Waals surface area (Å²) in [6, 6.07) is 5.42. The molecular formula is C12H16F3NO4S. The van der Waals surface area contributed by atoms with Crippen molar-refractivity contribution in [2.75, 3.05) is 20.2 Å². The van der Waals surface area contributed by atoms with Gasteiger partial charge in [-0.3, -0.25) is 0 Å². The van der Waals surface area contributed by atoms with Crippen molar-refractivity contribution >= 4 is 10.0 Å². The molecule has 0 unspecified atom stereocenters. The number of alkyl halides is 3. The predicted molar refractivity (Wildman–Crippen MR) is 69.5 cm³/mol. The molecule has 1 aromatic carbocycles. The molecule has 5 nitrogen and oxygen atoms in total. The van der Waals surface area contributed by atoms with Gasteiger partial charge in [-0.15, -0.1) is 0 Å². The highest BCUT2D eigenvalue weighted by Gasteiger charge is 2.40. The summed E-state index contributed by atoms with van der Waals surface area (Å²) < 4.78 is 66.7. The van der Waals surface area contributed by atoms with Crippen LogP contribution in [0.5, 0.6) is 5.75 Å². The number of benzene rings is 1. The van der Waals surface area contributed by atoms with Gasteiger partial charge < -0.3 is 9.84 Å². The average molecular weight is 327 g/mol. The zero-order chi connectivity index (χ0) is 16.3. The second-order valence-electron chi connectivity index (χ2n) is 4.25. The smallest absolute Gasteiger partial charge is 0.415 e. The van der Waals surface area contributed by atoms with Crippen LogP contribution < -0.4 is 4.74 Å². The van der Waals surface area contributed by atoms with E-state index in [0.717, 1.165) is 7.05 Å². The highest BCUT2D eigenvalue weighted by atomic mass is 32.2. The quantitative estimate of drug-likeness (QED) is 0.862. The molecule has 0 aromatic heterocycles. The van der Waals surface area contributed by atoms with Crippen LogP contribution in [0, 0.1) is 0 Å². The van der Waals surface area contributed by atoms with Crippen LogP contribution in [0.15, 0.2) is 29.2 Å². The fraction of sp³-hybridized carbons (Fsp3) is 0.500. The van der Waals surface area contributed by atoms with Gasteiger partial charge in [0.15, 0.2) is 6.10 Å². The van der Waals surface area contributed by atoms with E-state index in [9.17, 15) is 21.6 Å². The number of aliphatic hydroxyl groups excluding tert-OH is 1. The highest BCUT2D eigenvalue weighted by molar-refractivity contribution is 7.89. The van der Waals surface area contributed by atoms with Crippen LogP contribution in [-0.4, -0.2) is 50.3 Å². The number of hydrogen-bond acceptors (Lipinski definition) is 4. The van der Waals surface area contributed by atoms with Gasteiger partial charge in [0, 0.05) is 19.7 Å². The molecule has 9 heteroatoms. The molecule has 0 fully saturated rings. The lowest BCUT2D eigenvalue weighted by atomic mass is 10.3. The monoisotopic (exact) mass is 327 g/mol. The Morgan fingerprint density at radius 1 is 1.38 bits per heavy atom. The van der Waals surface area contributed by atoms with E-state index in [1.165, 1.54) is 24.3 Å². The summed E-state index contributed by atoms with van der Waals surface area (Å²) in [5.41, 5.74) is 0. The Kier molecular flexibility index (Phi) is 5.60. The van der Waals surface area contributed by atoms with Crippen molar-refractivity contribution in [3.8, 4) is 5.75 Å². The van der Waals surface area contributed by atoms with Gasteiger partial charge in [-0.05, 0) is 19.1 Å². The molecule has 21 heavy (non-hydrogen) atoms. The van der Waals surface area contributed by atoms with Crippen molar-refractivity contribution in [2.24, 2.45) is 0 Å². The Bertz CT molecular complexity index is 574. The number of hydrogen-bond donors (Lipinski definition) is 1. The largest absolute Gasteiger partial charge is 0.494 e. The summed E-state index contributed by atoms with van der Waals surface area (Å²) in [4.78, 5) is -0.203. The molecule has 1 rings (SSSR count). The number of ether oxygens (including phenoxy) is 1. The highest BCUT2D eigenvalue weighted by Crippen LogP contribution is 2.24. The predicted octanol–water partition coefficient (Wildman–Crippen LogP) is 1.63. The lowest BCUT2D eigenvalue weighted by Crippen LogP contribution is -2.41. The Hall–Kier alpha value is -1.32. The topological polar surface area (TPSA) is 66.8 Å². The molecule has 0 spiro atoms. The van der Waals surface area contributed by atoms with E-state index in [1.54, 1.807) is 6.92 Å². The summed E-state index contributed by atoms with van der Waals surface area (Å²) in [6.45, 7) is 0.962. The second-order valence-corrected chi connectivity index (χ2v) is 6.30. The van der Waals surface area contributed by atoms with E-state index in [0.29, 0.717) is 16.7 Å². The molecule has 0 aliphatic heterocycles. The van der Waals surface area contributed by atoms with Crippen LogP contribution in [0.4, 0.5) is 13.2 Å². The first-order valence-corrected chi connectivity index (χ1v) is 7.47. The fourth-order valence-corrected chi connectivity index (χ4v) is 2.73. The summed E-state index contributed by atoms with van der Waals surface area (Å²) in [6.07, 6.45) is -7.62. The number of rotatable bonds is 6. The van der Waals surface area contributed by atoms with Gasteiger partial charge in [-0.1, -0.05) is 6.07 Å². The number of sulfonamides is 1. The molecule has 1 N–H and O–H groups in total. The molecule has 1 aromatic rings. The number of nitrogens with zero attached hydrogens (tertiary/aromatic N) is 1. The van der Waals surface area contributed by atoms with Crippen LogP contribution >= 0.6 is 0 Å². The van der Waals surface area contributed by atoms with Crippen LogP contribution in [0.3, 0.4) is 0 Å². The van der Waals surface area contributed by atoms with Crippen molar-refractivity contribution in [3.63, 3.8) is 0 Å². The van der Waals surface area contributed by atoms with Crippen LogP contribution in [-0.2, 0) is 10.0 Å². The van der Waals surface area contributed by atoms with Crippen molar-refractivity contribution in [1.29, 1.82) is 0 Å². The Morgan fingerprint density at radius 3 is 2.52 bits per heavy atom. The Morgan fingerprint density at radius 2 is 2.00 bits per heavy atom. The van der Waals surface area contributed by atoms with Crippen molar-refractivity contribution in [3.05, 3.63) is 24.3 Å². The van der Waals surface area contributed by atoms with Crippen LogP contribution in [0.2, 0.25) is 0 Å². The summed E-state index contributed by atoms with van der Waals surface area (Å²) in [5, 5.41) is 8.95. The number of likely N-dealkylation sites (N-methyl/N-ethyl adjacent to an activating group) is 1. The third-order valence-corrected chi connectivity index (χ3v) is 4.45. The lowest BCUT2D eigenvalue weighted by molar-refractivity contribution is -0.204. The van der Waals surface area contributed by atoms with E-state index in [-0.39, 0.29) is 4.90 Å². The van der Waals surface area contributed by atoms with E-state index in [1.807, 2.05) is 0 Å². The Labute approximate surface area is 121 Å². The molecule has 0 saturated carbocycles. The van der Waals surface area contributed by atoms with E-state index in [2.05, 4.69) is 0 Å². The minimum absolute atomic E-state index is 0.203. The first kappa shape index (κ1) is 17.7. The van der Waals surface area contributed by atoms with Gasteiger partial charge in [-0.25, -0.2) is 8.42 Å². The third kappa shape index (κ3) is 4.58. The second kappa shape index (κ2) is 6.63. The zero-order valence-electron chi connectivity index (χ0n) is 11.5. The zero-order valence-corrected chi connectivity index (χ0v) is 12.3. The van der Waals surface area contributed by atoms with Crippen molar-refractivity contribution in [1.82, 2.24) is 4.31 Å². The maximum atomic E-state index is 12.3. The molecular weight excluding hydrogens is 311 g/mol. The number of halogens is 3. The summed E-state index contributed by atoms with van der Waals surface area (Å²) >= 11 is 0. The fourth-order valence-electron chi connectivity index (χ4n) is 1.52. The molecule has 0 aliphatic carbocycles. The van der Waals surface area contributed by atoms with Crippen molar-refractivity contribution in [2.45, 2.75) is 24.1 Å². The van der Waals surface area contributed by atoms with Gasteiger partial charge >= 0.3 is 6.18 Å². The lowest BCUT2D eigenvalue weighted by Gasteiger charge is -2.22. The molecule has 120 valence electrons.